The molecule has 5 rings (SSSR count). The molecule has 2 bridgehead atoms. The first-order valence-corrected chi connectivity index (χ1v) is 12.2. The summed E-state index contributed by atoms with van der Waals surface area (Å²) in [5.74, 6) is -2.50. The van der Waals surface area contributed by atoms with E-state index in [-0.39, 0.29) is 37.2 Å². The first-order valence-electron chi connectivity index (χ1n) is 12.2. The average molecular weight is 491 g/mol. The largest absolute Gasteiger partial charge is 0.468 e. The molecule has 4 atom stereocenters. The molecule has 0 aliphatic carbocycles. The number of likely N-dealkylation sites (tertiary alicyclic amines) is 2. The summed E-state index contributed by atoms with van der Waals surface area (Å²) >= 11 is 0. The topological polar surface area (TPSA) is 122 Å². The number of ether oxygens (including phenoxy) is 1. The van der Waals surface area contributed by atoms with Crippen LogP contribution in [0.4, 0.5) is 0 Å². The number of carbonyl (C=O) groups is 4. The van der Waals surface area contributed by atoms with Crippen LogP contribution in [0.25, 0.3) is 0 Å². The monoisotopic (exact) mass is 490 g/mol. The molecule has 0 saturated carbocycles. The van der Waals surface area contributed by atoms with Crippen LogP contribution in [0.1, 0.15) is 36.8 Å². The number of para-hydroxylation sites is 1. The highest BCUT2D eigenvalue weighted by molar-refractivity contribution is 6.02. The molecule has 3 aliphatic rings. The Hall–Kier alpha value is -3.88. The van der Waals surface area contributed by atoms with Crippen molar-refractivity contribution in [3.63, 3.8) is 0 Å². The molecule has 0 unspecified atom stereocenters. The van der Waals surface area contributed by atoms with Gasteiger partial charge < -0.3 is 25.6 Å². The summed E-state index contributed by atoms with van der Waals surface area (Å²) in [5, 5.41) is 2.87. The standard InChI is InChI=1S/C27H30N4O5/c1-27-14-20(19-9-5-6-10-21(19)36-27)23(24(28)33)26(35)31(27)12-11-29-25(34)18-13-22(32)30(16-18)15-17-7-3-2-4-8-17/h2-10,18,20,23H,11-16H2,1H3,(H2,28,33)(H,29,34)/t18-,20-,23-,27-/m0/s1. The van der Waals surface area contributed by atoms with Crippen LogP contribution in [0.3, 0.4) is 0 Å². The molecule has 4 amide bonds. The van der Waals surface area contributed by atoms with Crippen molar-refractivity contribution < 1.29 is 23.9 Å². The minimum Gasteiger partial charge on any atom is -0.468 e. The number of hydrogen-bond donors (Lipinski definition) is 2. The van der Waals surface area contributed by atoms with Crippen LogP contribution in [-0.4, -0.2) is 58.8 Å². The number of amides is 4. The first kappa shape index (κ1) is 23.8. The van der Waals surface area contributed by atoms with Gasteiger partial charge in [0.2, 0.25) is 23.6 Å². The number of nitrogens with two attached hydrogens (primary N) is 1. The predicted octanol–water partition coefficient (Wildman–Crippen LogP) is 1.38. The number of primary amides is 1. The van der Waals surface area contributed by atoms with Crippen LogP contribution >= 0.6 is 0 Å². The Morgan fingerprint density at radius 3 is 2.58 bits per heavy atom. The van der Waals surface area contributed by atoms with E-state index in [2.05, 4.69) is 5.32 Å². The van der Waals surface area contributed by atoms with E-state index in [4.69, 9.17) is 10.5 Å². The minimum atomic E-state index is -0.988. The minimum absolute atomic E-state index is 0.0534. The summed E-state index contributed by atoms with van der Waals surface area (Å²) in [6.45, 7) is 2.98. The number of hydrogen-bond acceptors (Lipinski definition) is 5. The van der Waals surface area contributed by atoms with Crippen molar-refractivity contribution in [3.8, 4) is 5.75 Å². The summed E-state index contributed by atoms with van der Waals surface area (Å²) in [6.07, 6.45) is 0.591. The fourth-order valence-electron chi connectivity index (χ4n) is 5.72. The van der Waals surface area contributed by atoms with Crippen LogP contribution < -0.4 is 15.8 Å². The zero-order chi connectivity index (χ0) is 25.4. The summed E-state index contributed by atoms with van der Waals surface area (Å²) in [4.78, 5) is 54.2. The highest BCUT2D eigenvalue weighted by Crippen LogP contribution is 2.49. The number of nitrogens with one attached hydrogen (secondary N) is 1. The van der Waals surface area contributed by atoms with Gasteiger partial charge in [-0.3, -0.25) is 19.2 Å². The summed E-state index contributed by atoms with van der Waals surface area (Å²) < 4.78 is 6.23. The van der Waals surface area contributed by atoms with Crippen molar-refractivity contribution >= 4 is 23.6 Å². The number of piperidine rings is 1. The third-order valence-electron chi connectivity index (χ3n) is 7.50. The van der Waals surface area contributed by atoms with E-state index in [9.17, 15) is 19.2 Å². The lowest BCUT2D eigenvalue weighted by Gasteiger charge is -2.52. The van der Waals surface area contributed by atoms with Crippen LogP contribution in [0.15, 0.2) is 54.6 Å². The Kier molecular flexibility index (Phi) is 6.15. The molecule has 0 spiro atoms. The molecule has 2 saturated heterocycles. The smallest absolute Gasteiger partial charge is 0.238 e. The number of carbonyl (C=O) groups excluding carboxylic acids is 4. The second-order valence-corrected chi connectivity index (χ2v) is 9.95. The summed E-state index contributed by atoms with van der Waals surface area (Å²) in [7, 11) is 0. The van der Waals surface area contributed by atoms with Gasteiger partial charge in [-0.1, -0.05) is 48.5 Å². The van der Waals surface area contributed by atoms with Crippen molar-refractivity contribution in [2.45, 2.75) is 38.0 Å². The van der Waals surface area contributed by atoms with Gasteiger partial charge >= 0.3 is 0 Å². The lowest BCUT2D eigenvalue weighted by atomic mass is 9.73. The molecule has 2 aromatic carbocycles. The maximum absolute atomic E-state index is 13.4. The second kappa shape index (κ2) is 9.29. The van der Waals surface area contributed by atoms with E-state index >= 15 is 0 Å². The third-order valence-corrected chi connectivity index (χ3v) is 7.50. The first-order chi connectivity index (χ1) is 17.3. The predicted molar refractivity (Wildman–Crippen MR) is 130 cm³/mol. The van der Waals surface area contributed by atoms with Gasteiger partial charge in [0.25, 0.3) is 0 Å². The zero-order valence-electron chi connectivity index (χ0n) is 20.2. The molecule has 3 heterocycles. The van der Waals surface area contributed by atoms with Crippen molar-refractivity contribution in [2.75, 3.05) is 19.6 Å². The van der Waals surface area contributed by atoms with E-state index in [1.54, 1.807) is 4.90 Å². The molecule has 36 heavy (non-hydrogen) atoms. The molecule has 9 nitrogen and oxygen atoms in total. The van der Waals surface area contributed by atoms with Gasteiger partial charge in [0.05, 0.1) is 5.92 Å². The van der Waals surface area contributed by atoms with Crippen molar-refractivity contribution in [2.24, 2.45) is 17.6 Å². The molecule has 9 heteroatoms. The number of fused-ring (bicyclic) bond motifs is 4. The van der Waals surface area contributed by atoms with Gasteiger partial charge in [-0.2, -0.15) is 0 Å². The summed E-state index contributed by atoms with van der Waals surface area (Å²) in [5.41, 5.74) is 6.53. The highest BCUT2D eigenvalue weighted by Gasteiger charge is 2.55. The molecular weight excluding hydrogens is 460 g/mol. The van der Waals surface area contributed by atoms with Crippen LogP contribution in [0.2, 0.25) is 0 Å². The molecule has 2 aromatic rings. The van der Waals surface area contributed by atoms with E-state index < -0.39 is 29.4 Å². The molecule has 188 valence electrons. The Bertz CT molecular complexity index is 1200. The van der Waals surface area contributed by atoms with Gasteiger partial charge in [-0.05, 0) is 24.1 Å². The Morgan fingerprint density at radius 2 is 1.83 bits per heavy atom. The van der Waals surface area contributed by atoms with Gasteiger partial charge in [-0.25, -0.2) is 0 Å². The molecule has 0 radical (unpaired) electrons. The summed E-state index contributed by atoms with van der Waals surface area (Å²) in [6, 6.07) is 17.0. The lowest BCUT2D eigenvalue weighted by molar-refractivity contribution is -0.175. The van der Waals surface area contributed by atoms with E-state index in [1.165, 1.54) is 4.90 Å². The van der Waals surface area contributed by atoms with Crippen molar-refractivity contribution in [3.05, 3.63) is 65.7 Å². The van der Waals surface area contributed by atoms with Gasteiger partial charge in [-0.15, -0.1) is 0 Å². The highest BCUT2D eigenvalue weighted by atomic mass is 16.5. The molecule has 2 fully saturated rings. The molecule has 3 N–H and O–H groups in total. The van der Waals surface area contributed by atoms with Gasteiger partial charge in [0.15, 0.2) is 5.72 Å². The third kappa shape index (κ3) is 4.29. The quantitative estimate of drug-likeness (QED) is 0.568. The van der Waals surface area contributed by atoms with Gasteiger partial charge in [0.1, 0.15) is 11.7 Å². The molecule has 0 aromatic heterocycles. The Labute approximate surface area is 209 Å². The normalized spacial score (nSPS) is 26.9. The molecular formula is C27H30N4O5. The molecule has 3 aliphatic heterocycles. The maximum atomic E-state index is 13.4. The van der Waals surface area contributed by atoms with E-state index in [0.717, 1.165) is 11.1 Å². The number of rotatable bonds is 7. The zero-order valence-corrected chi connectivity index (χ0v) is 20.2. The number of nitrogens with zero attached hydrogens (tertiary/aromatic N) is 2. The van der Waals surface area contributed by atoms with Crippen molar-refractivity contribution in [1.82, 2.24) is 15.1 Å². The van der Waals surface area contributed by atoms with Crippen molar-refractivity contribution in [1.29, 1.82) is 0 Å². The maximum Gasteiger partial charge on any atom is 0.238 e. The lowest BCUT2D eigenvalue weighted by Crippen LogP contribution is -2.65. The Balaban J connectivity index is 1.22. The van der Waals surface area contributed by atoms with Crippen LogP contribution in [0.5, 0.6) is 5.75 Å². The average Bonchev–Trinajstić information content (AvgIpc) is 3.21. The fraction of sp³-hybridized carbons (Fsp3) is 0.407. The number of benzene rings is 2. The van der Waals surface area contributed by atoms with Gasteiger partial charge in [0, 0.05) is 44.9 Å². The van der Waals surface area contributed by atoms with Crippen LogP contribution in [-0.2, 0) is 25.7 Å². The fourth-order valence-corrected chi connectivity index (χ4v) is 5.72. The Morgan fingerprint density at radius 1 is 1.11 bits per heavy atom. The van der Waals surface area contributed by atoms with E-state index in [1.807, 2.05) is 61.5 Å². The SMILES string of the molecule is C[C@@]12C[C@@H](c3ccccc3O1)[C@@H](C(N)=O)C(=O)N2CCNC(=O)[C@H]1CC(=O)N(Cc2ccccc2)C1. The van der Waals surface area contributed by atoms with E-state index in [0.29, 0.717) is 25.3 Å². The van der Waals surface area contributed by atoms with Crippen LogP contribution in [0, 0.1) is 11.8 Å². The second-order valence-electron chi connectivity index (χ2n) is 9.95.